The molecule has 4 unspecified atom stereocenters. The van der Waals surface area contributed by atoms with Gasteiger partial charge in [0.25, 0.3) is 0 Å². The molecule has 0 aromatic carbocycles. The number of carboxylic acids is 1. The highest BCUT2D eigenvalue weighted by molar-refractivity contribution is 7.80. The Morgan fingerprint density at radius 2 is 1.95 bits per heavy atom. The van der Waals surface area contributed by atoms with E-state index in [9.17, 15) is 14.7 Å². The van der Waals surface area contributed by atoms with Crippen molar-refractivity contribution in [3.63, 3.8) is 0 Å². The molecule has 0 radical (unpaired) electrons. The predicted molar refractivity (Wildman–Crippen MR) is 76.2 cm³/mol. The predicted octanol–water partition coefficient (Wildman–Crippen LogP) is 2.04. The molecule has 0 spiro atoms. The maximum Gasteiger partial charge on any atom is 0.326 e. The van der Waals surface area contributed by atoms with Gasteiger partial charge in [0.2, 0.25) is 5.91 Å². The van der Waals surface area contributed by atoms with Crippen molar-refractivity contribution < 1.29 is 14.7 Å². The number of likely N-dealkylation sites (tertiary alicyclic amines) is 1. The van der Waals surface area contributed by atoms with E-state index in [0.717, 1.165) is 12.8 Å². The van der Waals surface area contributed by atoms with Crippen LogP contribution in [0, 0.1) is 17.8 Å². The van der Waals surface area contributed by atoms with E-state index in [4.69, 9.17) is 0 Å². The van der Waals surface area contributed by atoms with Crippen molar-refractivity contribution in [2.24, 2.45) is 17.8 Å². The Morgan fingerprint density at radius 1 is 1.32 bits per heavy atom. The molecule has 2 aliphatic rings. The normalized spacial score (nSPS) is 32.5. The first-order valence-electron chi connectivity index (χ1n) is 7.18. The van der Waals surface area contributed by atoms with Crippen LogP contribution in [0.3, 0.4) is 0 Å². The Labute approximate surface area is 120 Å². The lowest BCUT2D eigenvalue weighted by Crippen LogP contribution is -2.55. The summed E-state index contributed by atoms with van der Waals surface area (Å²) >= 11 is 4.15. The second kappa shape index (κ2) is 6.16. The SMILES string of the molecule is CC(CS)C(=O)N1CC2CCCCC2CC1C(=O)O. The molecule has 108 valence electrons. The Hall–Kier alpha value is -0.710. The minimum atomic E-state index is -0.858. The number of carboxylic acid groups (broad SMARTS) is 1. The standard InChI is InChI=1S/C14H23NO3S/c1-9(8-19)13(16)15-7-11-5-3-2-4-10(11)6-12(15)14(17)18/h9-12,19H,2-8H2,1H3,(H,17,18). The number of carbonyl (C=O) groups excluding carboxylic acids is 1. The fourth-order valence-electron chi connectivity index (χ4n) is 3.47. The molecule has 2 rings (SSSR count). The average Bonchev–Trinajstić information content (AvgIpc) is 2.44. The third-order valence-electron chi connectivity index (χ3n) is 4.66. The number of nitrogens with zero attached hydrogens (tertiary/aromatic N) is 1. The van der Waals surface area contributed by atoms with Crippen molar-refractivity contribution in [1.82, 2.24) is 4.90 Å². The number of carbonyl (C=O) groups is 2. The molecule has 0 aromatic heterocycles. The number of amides is 1. The Balaban J connectivity index is 2.14. The van der Waals surface area contributed by atoms with Crippen molar-refractivity contribution in [2.45, 2.75) is 45.1 Å². The summed E-state index contributed by atoms with van der Waals surface area (Å²) in [5, 5.41) is 9.39. The maximum absolute atomic E-state index is 12.3. The highest BCUT2D eigenvalue weighted by atomic mass is 32.1. The van der Waals surface area contributed by atoms with Crippen molar-refractivity contribution in [1.29, 1.82) is 0 Å². The van der Waals surface area contributed by atoms with Gasteiger partial charge in [-0.15, -0.1) is 0 Å². The fourth-order valence-corrected chi connectivity index (χ4v) is 3.62. The highest BCUT2D eigenvalue weighted by Crippen LogP contribution is 2.39. The number of aliphatic carboxylic acids is 1. The molecular weight excluding hydrogens is 262 g/mol. The second-order valence-corrected chi connectivity index (χ2v) is 6.33. The summed E-state index contributed by atoms with van der Waals surface area (Å²) in [5.74, 6) is 0.349. The van der Waals surface area contributed by atoms with Crippen LogP contribution in [0.15, 0.2) is 0 Å². The second-order valence-electron chi connectivity index (χ2n) is 5.97. The summed E-state index contributed by atoms with van der Waals surface area (Å²) < 4.78 is 0. The van der Waals surface area contributed by atoms with E-state index in [0.29, 0.717) is 30.6 Å². The summed E-state index contributed by atoms with van der Waals surface area (Å²) in [4.78, 5) is 25.4. The van der Waals surface area contributed by atoms with Crippen LogP contribution in [-0.4, -0.2) is 40.2 Å². The Bertz CT molecular complexity index is 361. The van der Waals surface area contributed by atoms with Crippen LogP contribution < -0.4 is 0 Å². The summed E-state index contributed by atoms with van der Waals surface area (Å²) in [6.45, 7) is 2.44. The highest BCUT2D eigenvalue weighted by Gasteiger charge is 2.42. The average molecular weight is 285 g/mol. The van der Waals surface area contributed by atoms with Gasteiger partial charge in [-0.3, -0.25) is 4.79 Å². The lowest BCUT2D eigenvalue weighted by molar-refractivity contribution is -0.157. The first-order valence-corrected chi connectivity index (χ1v) is 7.82. The van der Waals surface area contributed by atoms with E-state index >= 15 is 0 Å². The molecule has 1 saturated carbocycles. The molecule has 4 atom stereocenters. The molecule has 4 nitrogen and oxygen atoms in total. The van der Waals surface area contributed by atoms with E-state index in [-0.39, 0.29) is 11.8 Å². The third-order valence-corrected chi connectivity index (χ3v) is 5.21. The monoisotopic (exact) mass is 285 g/mol. The van der Waals surface area contributed by atoms with Gasteiger partial charge in [0, 0.05) is 18.2 Å². The molecule has 0 aromatic rings. The number of fused-ring (bicyclic) bond motifs is 1. The van der Waals surface area contributed by atoms with E-state index in [1.165, 1.54) is 12.8 Å². The number of hydrogen-bond acceptors (Lipinski definition) is 3. The topological polar surface area (TPSA) is 57.6 Å². The molecule has 19 heavy (non-hydrogen) atoms. The van der Waals surface area contributed by atoms with Crippen LogP contribution in [0.4, 0.5) is 0 Å². The molecule has 1 N–H and O–H groups in total. The molecule has 1 saturated heterocycles. The van der Waals surface area contributed by atoms with Crippen LogP contribution >= 0.6 is 12.6 Å². The van der Waals surface area contributed by atoms with Gasteiger partial charge in [0.05, 0.1) is 0 Å². The summed E-state index contributed by atoms with van der Waals surface area (Å²) in [5.41, 5.74) is 0. The minimum absolute atomic E-state index is 0.0496. The van der Waals surface area contributed by atoms with Gasteiger partial charge in [-0.25, -0.2) is 4.79 Å². The van der Waals surface area contributed by atoms with Crippen LogP contribution in [-0.2, 0) is 9.59 Å². The zero-order chi connectivity index (χ0) is 14.0. The van der Waals surface area contributed by atoms with Crippen LogP contribution in [0.5, 0.6) is 0 Å². The molecule has 1 amide bonds. The van der Waals surface area contributed by atoms with Crippen molar-refractivity contribution in [2.75, 3.05) is 12.3 Å². The molecule has 1 aliphatic heterocycles. The number of thiol groups is 1. The third kappa shape index (κ3) is 3.07. The van der Waals surface area contributed by atoms with Gasteiger partial charge < -0.3 is 10.0 Å². The first kappa shape index (κ1) is 14.7. The Kier molecular flexibility index (Phi) is 4.76. The lowest BCUT2D eigenvalue weighted by Gasteiger charge is -2.45. The zero-order valence-corrected chi connectivity index (χ0v) is 12.3. The van der Waals surface area contributed by atoms with Crippen molar-refractivity contribution in [3.05, 3.63) is 0 Å². The fraction of sp³-hybridized carbons (Fsp3) is 0.857. The zero-order valence-electron chi connectivity index (χ0n) is 11.4. The first-order chi connectivity index (χ1) is 9.04. The molecule has 5 heteroatoms. The van der Waals surface area contributed by atoms with Gasteiger partial charge in [0.1, 0.15) is 6.04 Å². The van der Waals surface area contributed by atoms with E-state index in [1.807, 2.05) is 6.92 Å². The van der Waals surface area contributed by atoms with E-state index in [2.05, 4.69) is 12.6 Å². The summed E-state index contributed by atoms with van der Waals surface area (Å²) in [6.07, 6.45) is 5.30. The van der Waals surface area contributed by atoms with E-state index < -0.39 is 12.0 Å². The number of hydrogen-bond donors (Lipinski definition) is 2. The number of piperidine rings is 1. The van der Waals surface area contributed by atoms with Crippen LogP contribution in [0.1, 0.15) is 39.0 Å². The van der Waals surface area contributed by atoms with Crippen LogP contribution in [0.25, 0.3) is 0 Å². The summed E-state index contributed by atoms with van der Waals surface area (Å²) in [7, 11) is 0. The largest absolute Gasteiger partial charge is 0.480 e. The molecule has 2 fully saturated rings. The molecule has 1 aliphatic carbocycles. The van der Waals surface area contributed by atoms with E-state index in [1.54, 1.807) is 4.90 Å². The van der Waals surface area contributed by atoms with Crippen molar-refractivity contribution >= 4 is 24.5 Å². The van der Waals surface area contributed by atoms with Crippen LogP contribution in [0.2, 0.25) is 0 Å². The van der Waals surface area contributed by atoms with Crippen molar-refractivity contribution in [3.8, 4) is 0 Å². The van der Waals surface area contributed by atoms with Gasteiger partial charge in [-0.2, -0.15) is 12.6 Å². The maximum atomic E-state index is 12.3. The minimum Gasteiger partial charge on any atom is -0.480 e. The van der Waals surface area contributed by atoms with Gasteiger partial charge in [-0.1, -0.05) is 26.2 Å². The molecule has 1 heterocycles. The summed E-state index contributed by atoms with van der Waals surface area (Å²) in [6, 6.07) is -0.630. The van der Waals surface area contributed by atoms with Gasteiger partial charge >= 0.3 is 5.97 Å². The molecule has 0 bridgehead atoms. The smallest absolute Gasteiger partial charge is 0.326 e. The van der Waals surface area contributed by atoms with Gasteiger partial charge in [-0.05, 0) is 24.7 Å². The van der Waals surface area contributed by atoms with Gasteiger partial charge in [0.15, 0.2) is 0 Å². The Morgan fingerprint density at radius 3 is 2.53 bits per heavy atom. The number of rotatable bonds is 3. The molecular formula is C14H23NO3S. The quantitative estimate of drug-likeness (QED) is 0.780. The lowest BCUT2D eigenvalue weighted by atomic mass is 9.72.